The van der Waals surface area contributed by atoms with E-state index >= 15 is 0 Å². The average Bonchev–Trinajstić information content (AvgIpc) is 1.59. The Morgan fingerprint density at radius 2 is 2.12 bits per heavy atom. The maximum Gasteiger partial charge on any atom is 0.0609 e. The Morgan fingerprint density at radius 1 is 1.62 bits per heavy atom. The van der Waals surface area contributed by atoms with Gasteiger partial charge in [-0.2, -0.15) is 0 Å². The molecule has 0 saturated carbocycles. The largest absolute Gasteiger partial charge is 0.390 e. The summed E-state index contributed by atoms with van der Waals surface area (Å²) in [5, 5.41) is 9.06. The van der Waals surface area contributed by atoms with Gasteiger partial charge in [0.15, 0.2) is 0 Å². The van der Waals surface area contributed by atoms with Gasteiger partial charge >= 0.3 is 0 Å². The van der Waals surface area contributed by atoms with Crippen LogP contribution in [-0.4, -0.2) is 24.0 Å². The standard InChI is InChI=1S/C6H13NO/c1-6(2,8)4-5-7-3/h8H,3-5H2,1-2H3. The molecular weight excluding hydrogens is 102 g/mol. The van der Waals surface area contributed by atoms with E-state index < -0.39 is 5.60 Å². The lowest BCUT2D eigenvalue weighted by molar-refractivity contribution is 0.0739. The third kappa shape index (κ3) is 5.63. The minimum atomic E-state index is -0.582. The summed E-state index contributed by atoms with van der Waals surface area (Å²) in [7, 11) is 0. The van der Waals surface area contributed by atoms with E-state index in [-0.39, 0.29) is 0 Å². The van der Waals surface area contributed by atoms with E-state index in [0.29, 0.717) is 13.0 Å². The van der Waals surface area contributed by atoms with Gasteiger partial charge in [0, 0.05) is 6.54 Å². The Balaban J connectivity index is 3.24. The van der Waals surface area contributed by atoms with Crippen molar-refractivity contribution in [2.24, 2.45) is 4.99 Å². The Hall–Kier alpha value is -0.370. The van der Waals surface area contributed by atoms with Crippen molar-refractivity contribution in [3.05, 3.63) is 0 Å². The van der Waals surface area contributed by atoms with Crippen molar-refractivity contribution in [2.75, 3.05) is 6.54 Å². The fourth-order valence-electron chi connectivity index (χ4n) is 0.353. The highest BCUT2D eigenvalue weighted by Crippen LogP contribution is 2.05. The summed E-state index contributed by atoms with van der Waals surface area (Å²) in [5.41, 5.74) is -0.582. The molecule has 0 atom stereocenters. The molecule has 0 rings (SSSR count). The number of rotatable bonds is 3. The average molecular weight is 115 g/mol. The fourth-order valence-corrected chi connectivity index (χ4v) is 0.353. The van der Waals surface area contributed by atoms with E-state index in [1.165, 1.54) is 0 Å². The van der Waals surface area contributed by atoms with E-state index in [1.807, 2.05) is 0 Å². The summed E-state index contributed by atoms with van der Waals surface area (Å²) < 4.78 is 0. The van der Waals surface area contributed by atoms with Crippen LogP contribution in [0.4, 0.5) is 0 Å². The molecule has 2 nitrogen and oxygen atoms in total. The molecule has 0 aromatic heterocycles. The van der Waals surface area contributed by atoms with E-state index in [4.69, 9.17) is 5.11 Å². The van der Waals surface area contributed by atoms with Crippen molar-refractivity contribution in [1.82, 2.24) is 0 Å². The molecule has 1 N–H and O–H groups in total. The molecule has 0 saturated heterocycles. The number of hydrogen-bond acceptors (Lipinski definition) is 2. The summed E-state index contributed by atoms with van der Waals surface area (Å²) in [6.45, 7) is 7.47. The van der Waals surface area contributed by atoms with Crippen molar-refractivity contribution < 1.29 is 5.11 Å². The third-order valence-corrected chi connectivity index (χ3v) is 0.882. The topological polar surface area (TPSA) is 32.6 Å². The fraction of sp³-hybridized carbons (Fsp3) is 0.833. The van der Waals surface area contributed by atoms with Crippen LogP contribution in [-0.2, 0) is 0 Å². The lowest BCUT2D eigenvalue weighted by atomic mass is 10.1. The Morgan fingerprint density at radius 3 is 2.25 bits per heavy atom. The second kappa shape index (κ2) is 2.82. The first-order valence-electron chi connectivity index (χ1n) is 2.71. The van der Waals surface area contributed by atoms with Gasteiger partial charge in [0.25, 0.3) is 0 Å². The van der Waals surface area contributed by atoms with E-state index in [2.05, 4.69) is 11.7 Å². The van der Waals surface area contributed by atoms with Gasteiger partial charge in [0.1, 0.15) is 0 Å². The zero-order chi connectivity index (χ0) is 6.62. The monoisotopic (exact) mass is 115 g/mol. The van der Waals surface area contributed by atoms with E-state index in [9.17, 15) is 0 Å². The Kier molecular flexibility index (Phi) is 2.69. The second-order valence-electron chi connectivity index (χ2n) is 2.51. The van der Waals surface area contributed by atoms with Gasteiger partial charge in [0.2, 0.25) is 0 Å². The van der Waals surface area contributed by atoms with Gasteiger partial charge in [-0.3, -0.25) is 0 Å². The van der Waals surface area contributed by atoms with Gasteiger partial charge in [-0.15, -0.1) is 0 Å². The number of aliphatic hydroxyl groups is 1. The summed E-state index contributed by atoms with van der Waals surface area (Å²) in [6.07, 6.45) is 0.691. The van der Waals surface area contributed by atoms with Gasteiger partial charge < -0.3 is 10.1 Å². The summed E-state index contributed by atoms with van der Waals surface area (Å²) >= 11 is 0. The van der Waals surface area contributed by atoms with Gasteiger partial charge in [0.05, 0.1) is 5.60 Å². The van der Waals surface area contributed by atoms with Crippen molar-refractivity contribution in [2.45, 2.75) is 25.9 Å². The van der Waals surface area contributed by atoms with E-state index in [1.54, 1.807) is 13.8 Å². The lowest BCUT2D eigenvalue weighted by Gasteiger charge is -2.14. The van der Waals surface area contributed by atoms with Crippen LogP contribution in [0.5, 0.6) is 0 Å². The van der Waals surface area contributed by atoms with Crippen LogP contribution in [0.15, 0.2) is 4.99 Å². The number of hydrogen-bond donors (Lipinski definition) is 1. The number of aliphatic imine (C=N–C) groups is 1. The molecule has 0 unspecified atom stereocenters. The molecule has 8 heavy (non-hydrogen) atoms. The van der Waals surface area contributed by atoms with Crippen molar-refractivity contribution in [1.29, 1.82) is 0 Å². The van der Waals surface area contributed by atoms with Crippen LogP contribution in [0, 0.1) is 0 Å². The summed E-state index contributed by atoms with van der Waals surface area (Å²) in [6, 6.07) is 0. The molecule has 0 aliphatic rings. The van der Waals surface area contributed by atoms with Gasteiger partial charge in [-0.25, -0.2) is 0 Å². The van der Waals surface area contributed by atoms with Crippen molar-refractivity contribution in [3.8, 4) is 0 Å². The summed E-state index contributed by atoms with van der Waals surface area (Å²) in [4.78, 5) is 3.61. The molecule has 0 aromatic rings. The Labute approximate surface area is 50.3 Å². The maximum atomic E-state index is 9.06. The molecule has 0 aliphatic carbocycles. The number of nitrogens with zero attached hydrogens (tertiary/aromatic N) is 1. The molecular formula is C6H13NO. The normalized spacial score (nSPS) is 11.4. The van der Waals surface area contributed by atoms with Crippen LogP contribution in [0.25, 0.3) is 0 Å². The van der Waals surface area contributed by atoms with Crippen LogP contribution in [0.2, 0.25) is 0 Å². The maximum absolute atomic E-state index is 9.06. The first-order chi connectivity index (χ1) is 3.56. The van der Waals surface area contributed by atoms with Crippen LogP contribution < -0.4 is 0 Å². The minimum Gasteiger partial charge on any atom is -0.390 e. The van der Waals surface area contributed by atoms with Crippen LogP contribution in [0.1, 0.15) is 20.3 Å². The Bertz CT molecular complexity index is 73.1. The minimum absolute atomic E-state index is 0.582. The van der Waals surface area contributed by atoms with Crippen LogP contribution in [0.3, 0.4) is 0 Å². The highest BCUT2D eigenvalue weighted by atomic mass is 16.3. The van der Waals surface area contributed by atoms with Crippen molar-refractivity contribution >= 4 is 6.72 Å². The zero-order valence-corrected chi connectivity index (χ0v) is 5.52. The van der Waals surface area contributed by atoms with Crippen molar-refractivity contribution in [3.63, 3.8) is 0 Å². The molecule has 0 amide bonds. The third-order valence-electron chi connectivity index (χ3n) is 0.882. The second-order valence-corrected chi connectivity index (χ2v) is 2.51. The quantitative estimate of drug-likeness (QED) is 0.543. The molecule has 0 aliphatic heterocycles. The summed E-state index contributed by atoms with van der Waals surface area (Å²) in [5.74, 6) is 0. The molecule has 0 bridgehead atoms. The SMILES string of the molecule is C=NCCC(C)(C)O. The first-order valence-corrected chi connectivity index (χ1v) is 2.71. The lowest BCUT2D eigenvalue weighted by Crippen LogP contribution is -2.19. The first kappa shape index (κ1) is 7.63. The molecule has 0 radical (unpaired) electrons. The van der Waals surface area contributed by atoms with E-state index in [0.717, 1.165) is 0 Å². The smallest absolute Gasteiger partial charge is 0.0609 e. The highest BCUT2D eigenvalue weighted by Gasteiger charge is 2.09. The van der Waals surface area contributed by atoms with Gasteiger partial charge in [-0.05, 0) is 27.0 Å². The molecule has 0 spiro atoms. The predicted octanol–water partition coefficient (Wildman–Crippen LogP) is 0.848. The zero-order valence-electron chi connectivity index (χ0n) is 5.52. The molecule has 2 heteroatoms. The highest BCUT2D eigenvalue weighted by molar-refractivity contribution is 5.23. The molecule has 0 aromatic carbocycles. The molecule has 0 fully saturated rings. The van der Waals surface area contributed by atoms with Gasteiger partial charge in [-0.1, -0.05) is 0 Å². The molecule has 48 valence electrons. The predicted molar refractivity (Wildman–Crippen MR) is 35.3 cm³/mol. The van der Waals surface area contributed by atoms with Crippen LogP contribution >= 0.6 is 0 Å². The molecule has 0 heterocycles.